The minimum Gasteiger partial charge on any atom is -0.393 e. The van der Waals surface area contributed by atoms with Crippen molar-refractivity contribution in [1.29, 1.82) is 0 Å². The molecule has 0 aromatic rings. The van der Waals surface area contributed by atoms with E-state index in [1.165, 1.54) is 37.7 Å². The molecular formula is C25H37NO3. The van der Waals surface area contributed by atoms with Gasteiger partial charge in [-0.1, -0.05) is 44.4 Å². The van der Waals surface area contributed by atoms with Gasteiger partial charge in [-0.3, -0.25) is 4.79 Å². The van der Waals surface area contributed by atoms with Crippen LogP contribution in [0.3, 0.4) is 0 Å². The maximum Gasteiger partial charge on any atom is 0.224 e. The molecule has 4 heteroatoms. The summed E-state index contributed by atoms with van der Waals surface area (Å²) in [7, 11) is 0. The van der Waals surface area contributed by atoms with Crippen LogP contribution in [-0.4, -0.2) is 34.4 Å². The van der Waals surface area contributed by atoms with Gasteiger partial charge in [0.2, 0.25) is 5.91 Å². The molecule has 5 rings (SSSR count). The highest BCUT2D eigenvalue weighted by Crippen LogP contribution is 2.71. The molecule has 5 aliphatic rings. The Morgan fingerprint density at radius 3 is 2.79 bits per heavy atom. The van der Waals surface area contributed by atoms with Crippen LogP contribution in [0.2, 0.25) is 0 Å². The lowest BCUT2D eigenvalue weighted by Crippen LogP contribution is -2.48. The van der Waals surface area contributed by atoms with Crippen LogP contribution >= 0.6 is 0 Å². The second-order valence-corrected chi connectivity index (χ2v) is 10.9. The molecule has 0 saturated heterocycles. The van der Waals surface area contributed by atoms with Gasteiger partial charge in [-0.05, 0) is 79.6 Å². The van der Waals surface area contributed by atoms with Crippen molar-refractivity contribution in [3.63, 3.8) is 0 Å². The molecule has 6 unspecified atom stereocenters. The summed E-state index contributed by atoms with van der Waals surface area (Å²) in [5.41, 5.74) is 1.32. The number of hydrogen-bond acceptors (Lipinski definition) is 3. The fourth-order valence-electron chi connectivity index (χ4n) is 7.96. The smallest absolute Gasteiger partial charge is 0.224 e. The molecule has 2 bridgehead atoms. The van der Waals surface area contributed by atoms with Crippen molar-refractivity contribution in [2.24, 2.45) is 35.0 Å². The van der Waals surface area contributed by atoms with Gasteiger partial charge in [0.1, 0.15) is 0 Å². The Bertz CT molecular complexity index is 738. The third kappa shape index (κ3) is 2.89. The molecule has 0 aliphatic heterocycles. The molecule has 4 saturated carbocycles. The van der Waals surface area contributed by atoms with Gasteiger partial charge in [0, 0.05) is 6.54 Å². The van der Waals surface area contributed by atoms with Crippen LogP contribution in [0, 0.1) is 35.0 Å². The number of fused-ring (bicyclic) bond motifs is 3. The van der Waals surface area contributed by atoms with E-state index in [1.807, 2.05) is 0 Å². The number of carbonyl (C=O) groups excluding carboxylic acids is 1. The first-order valence-corrected chi connectivity index (χ1v) is 11.9. The highest BCUT2D eigenvalue weighted by atomic mass is 16.3. The van der Waals surface area contributed by atoms with Gasteiger partial charge >= 0.3 is 0 Å². The first-order chi connectivity index (χ1) is 13.9. The predicted octanol–water partition coefficient (Wildman–Crippen LogP) is 3.73. The van der Waals surface area contributed by atoms with Gasteiger partial charge < -0.3 is 15.5 Å². The molecule has 4 nitrogen and oxygen atoms in total. The number of amides is 1. The van der Waals surface area contributed by atoms with Crippen LogP contribution < -0.4 is 5.32 Å². The summed E-state index contributed by atoms with van der Waals surface area (Å²) in [6, 6.07) is 0. The van der Waals surface area contributed by atoms with Crippen LogP contribution in [-0.2, 0) is 4.79 Å². The maximum atomic E-state index is 13.7. The summed E-state index contributed by atoms with van der Waals surface area (Å²) in [5.74, 6) is 1.15. The zero-order valence-electron chi connectivity index (χ0n) is 17.8. The number of hydrogen-bond donors (Lipinski definition) is 3. The molecule has 29 heavy (non-hydrogen) atoms. The Labute approximate surface area is 174 Å². The number of aliphatic hydroxyl groups excluding tert-OH is 1. The average Bonchev–Trinajstić information content (AvgIpc) is 3.10. The number of allylic oxidation sites excluding steroid dienone is 1. The summed E-state index contributed by atoms with van der Waals surface area (Å²) >= 11 is 0. The Hall–Kier alpha value is -1.13. The zero-order valence-corrected chi connectivity index (χ0v) is 17.8. The van der Waals surface area contributed by atoms with Crippen molar-refractivity contribution in [2.75, 3.05) is 6.54 Å². The molecule has 1 amide bonds. The van der Waals surface area contributed by atoms with Crippen LogP contribution in [0.15, 0.2) is 23.8 Å². The highest BCUT2D eigenvalue weighted by molar-refractivity contribution is 5.82. The first kappa shape index (κ1) is 19.8. The van der Waals surface area contributed by atoms with Crippen molar-refractivity contribution in [2.45, 2.75) is 82.8 Å². The highest BCUT2D eigenvalue weighted by Gasteiger charge is 2.69. The van der Waals surface area contributed by atoms with Crippen LogP contribution in [0.1, 0.15) is 71.1 Å². The van der Waals surface area contributed by atoms with Gasteiger partial charge in [-0.2, -0.15) is 0 Å². The topological polar surface area (TPSA) is 69.6 Å². The Kier molecular flexibility index (Phi) is 4.75. The standard InChI is InChI=1S/C25H37NO3/c1-15-12-24-14-25(15,29)11-10-19(24)18-8-9-20(27)16(2)21(18)22(24)23(28)26-13-17-6-4-3-5-7-17/h8,16-17,19-22,27,29H,1,3-7,9-14H2,2H3,(H,26,28)/t16?,19?,20?,21?,22?,24?,25-/m0/s1. The quantitative estimate of drug-likeness (QED) is 0.633. The van der Waals surface area contributed by atoms with Crippen molar-refractivity contribution < 1.29 is 15.0 Å². The molecule has 160 valence electrons. The van der Waals surface area contributed by atoms with Crippen LogP contribution in [0.25, 0.3) is 0 Å². The fraction of sp³-hybridized carbons (Fsp3) is 0.800. The molecule has 7 atom stereocenters. The lowest BCUT2D eigenvalue weighted by atomic mass is 9.63. The molecule has 5 aliphatic carbocycles. The number of nitrogens with one attached hydrogen (secondary N) is 1. The van der Waals surface area contributed by atoms with Gasteiger partial charge in [0.25, 0.3) is 0 Å². The number of rotatable bonds is 3. The zero-order chi connectivity index (χ0) is 20.4. The normalized spacial score (nSPS) is 46.8. The summed E-state index contributed by atoms with van der Waals surface area (Å²) < 4.78 is 0. The largest absolute Gasteiger partial charge is 0.393 e. The van der Waals surface area contributed by atoms with Gasteiger partial charge in [-0.15, -0.1) is 0 Å². The van der Waals surface area contributed by atoms with E-state index in [1.54, 1.807) is 0 Å². The van der Waals surface area contributed by atoms with Crippen molar-refractivity contribution in [1.82, 2.24) is 5.32 Å². The maximum absolute atomic E-state index is 13.7. The molecule has 0 heterocycles. The van der Waals surface area contributed by atoms with E-state index in [-0.39, 0.29) is 35.2 Å². The summed E-state index contributed by atoms with van der Waals surface area (Å²) in [6.07, 6.45) is 12.0. The van der Waals surface area contributed by atoms with E-state index in [0.717, 1.165) is 31.4 Å². The first-order valence-electron chi connectivity index (χ1n) is 11.9. The monoisotopic (exact) mass is 399 g/mol. The Balaban J connectivity index is 1.47. The average molecular weight is 400 g/mol. The van der Waals surface area contributed by atoms with E-state index < -0.39 is 5.60 Å². The second-order valence-electron chi connectivity index (χ2n) is 10.9. The molecule has 3 N–H and O–H groups in total. The third-order valence-corrected chi connectivity index (χ3v) is 9.47. The summed E-state index contributed by atoms with van der Waals surface area (Å²) in [6.45, 7) is 7.14. The molecule has 0 radical (unpaired) electrons. The van der Waals surface area contributed by atoms with Crippen molar-refractivity contribution >= 4 is 5.91 Å². The Morgan fingerprint density at radius 1 is 1.28 bits per heavy atom. The molecular weight excluding hydrogens is 362 g/mol. The van der Waals surface area contributed by atoms with Crippen molar-refractivity contribution in [3.8, 4) is 0 Å². The Morgan fingerprint density at radius 2 is 2.03 bits per heavy atom. The molecule has 4 fully saturated rings. The summed E-state index contributed by atoms with van der Waals surface area (Å²) in [5, 5.41) is 25.2. The SMILES string of the molecule is C=C1CC23C[C@@]1(O)CCC2C1=CCC(O)C(C)C1C3C(=O)NCC1CCCCC1. The third-order valence-electron chi connectivity index (χ3n) is 9.47. The fourth-order valence-corrected chi connectivity index (χ4v) is 7.96. The van der Waals surface area contributed by atoms with E-state index in [0.29, 0.717) is 24.7 Å². The van der Waals surface area contributed by atoms with Gasteiger partial charge in [0.05, 0.1) is 17.6 Å². The van der Waals surface area contributed by atoms with E-state index in [2.05, 4.69) is 24.9 Å². The lowest BCUT2D eigenvalue weighted by Gasteiger charge is -2.42. The van der Waals surface area contributed by atoms with Crippen LogP contribution in [0.5, 0.6) is 0 Å². The minimum absolute atomic E-state index is 0.0855. The van der Waals surface area contributed by atoms with E-state index in [9.17, 15) is 15.0 Å². The number of carbonyl (C=O) groups is 1. The minimum atomic E-state index is -0.797. The lowest BCUT2D eigenvalue weighted by molar-refractivity contribution is -0.133. The second kappa shape index (κ2) is 6.95. The summed E-state index contributed by atoms with van der Waals surface area (Å²) in [4.78, 5) is 13.7. The number of aliphatic hydroxyl groups is 2. The van der Waals surface area contributed by atoms with E-state index >= 15 is 0 Å². The molecule has 0 aromatic carbocycles. The van der Waals surface area contributed by atoms with Gasteiger partial charge in [-0.25, -0.2) is 0 Å². The predicted molar refractivity (Wildman–Crippen MR) is 113 cm³/mol. The van der Waals surface area contributed by atoms with Crippen LogP contribution in [0.4, 0.5) is 0 Å². The molecule has 0 aromatic heterocycles. The molecule has 1 spiro atoms. The van der Waals surface area contributed by atoms with E-state index in [4.69, 9.17) is 0 Å². The van der Waals surface area contributed by atoms with Crippen molar-refractivity contribution in [3.05, 3.63) is 23.8 Å². The van der Waals surface area contributed by atoms with Gasteiger partial charge in [0.15, 0.2) is 0 Å².